The van der Waals surface area contributed by atoms with Gasteiger partial charge in [0.1, 0.15) is 5.84 Å². The maximum absolute atomic E-state index is 13.2. The molecule has 0 aromatic heterocycles. The Morgan fingerprint density at radius 1 is 1.07 bits per heavy atom. The van der Waals surface area contributed by atoms with Crippen LogP contribution < -0.4 is 0 Å². The molecule has 1 saturated heterocycles. The van der Waals surface area contributed by atoms with Gasteiger partial charge in [0, 0.05) is 18.9 Å². The maximum atomic E-state index is 13.2. The third-order valence-corrected chi connectivity index (χ3v) is 6.15. The van der Waals surface area contributed by atoms with Crippen molar-refractivity contribution in [2.45, 2.75) is 43.4 Å². The summed E-state index contributed by atoms with van der Waals surface area (Å²) in [4.78, 5) is 14.7. The van der Waals surface area contributed by atoms with Gasteiger partial charge in [0.05, 0.1) is 17.6 Å². The van der Waals surface area contributed by atoms with Crippen molar-refractivity contribution in [3.8, 4) is 6.07 Å². The van der Waals surface area contributed by atoms with Gasteiger partial charge in [-0.25, -0.2) is 0 Å². The second kappa shape index (κ2) is 6.35. The van der Waals surface area contributed by atoms with Gasteiger partial charge in [0.15, 0.2) is 0 Å². The zero-order chi connectivity index (χ0) is 19.2. The van der Waals surface area contributed by atoms with Crippen molar-refractivity contribution in [3.63, 3.8) is 0 Å². The number of carbonyl (C=O) groups is 1. The van der Waals surface area contributed by atoms with E-state index in [2.05, 4.69) is 37.3 Å². The first-order valence-electron chi connectivity index (χ1n) is 9.39. The van der Waals surface area contributed by atoms with E-state index in [0.717, 1.165) is 11.1 Å². The molecule has 136 valence electrons. The number of nitriles is 1. The number of nitrogens with one attached hydrogen (secondary N) is 1. The Kier molecular flexibility index (Phi) is 4.11. The van der Waals surface area contributed by atoms with Crippen LogP contribution >= 0.6 is 0 Å². The Morgan fingerprint density at radius 3 is 2.22 bits per heavy atom. The van der Waals surface area contributed by atoms with Crippen molar-refractivity contribution in [3.05, 3.63) is 70.8 Å². The minimum atomic E-state index is -0.518. The summed E-state index contributed by atoms with van der Waals surface area (Å²) in [7, 11) is 1.69. The molecule has 1 N–H and O–H groups in total. The molecule has 4 heteroatoms. The number of hydrogen-bond donors (Lipinski definition) is 1. The molecule has 1 aliphatic heterocycles. The molecule has 1 aliphatic carbocycles. The van der Waals surface area contributed by atoms with E-state index in [1.807, 2.05) is 12.1 Å². The fourth-order valence-corrected chi connectivity index (χ4v) is 4.25. The van der Waals surface area contributed by atoms with Gasteiger partial charge in [0.2, 0.25) is 5.91 Å². The summed E-state index contributed by atoms with van der Waals surface area (Å²) in [6, 6.07) is 18.1. The summed E-state index contributed by atoms with van der Waals surface area (Å²) >= 11 is 0. The van der Waals surface area contributed by atoms with E-state index < -0.39 is 5.41 Å². The van der Waals surface area contributed by atoms with Crippen molar-refractivity contribution in [2.75, 3.05) is 7.05 Å². The number of likely N-dealkylation sites (N-methyl/N-ethyl adjacent to an activating group) is 1. The number of amidine groups is 1. The monoisotopic (exact) mass is 357 g/mol. The molecule has 4 nitrogen and oxygen atoms in total. The Labute approximate surface area is 159 Å². The predicted molar refractivity (Wildman–Crippen MR) is 105 cm³/mol. The van der Waals surface area contributed by atoms with Crippen molar-refractivity contribution in [1.82, 2.24) is 4.90 Å². The highest BCUT2D eigenvalue weighted by Gasteiger charge is 2.48. The van der Waals surface area contributed by atoms with Crippen LogP contribution in [0.1, 0.15) is 60.3 Å². The highest BCUT2D eigenvalue weighted by Crippen LogP contribution is 2.47. The van der Waals surface area contributed by atoms with Gasteiger partial charge < -0.3 is 4.90 Å². The molecule has 4 rings (SSSR count). The van der Waals surface area contributed by atoms with Crippen LogP contribution in [0.5, 0.6) is 0 Å². The van der Waals surface area contributed by atoms with E-state index >= 15 is 0 Å². The molecular weight excluding hydrogens is 334 g/mol. The van der Waals surface area contributed by atoms with Gasteiger partial charge in [-0.15, -0.1) is 0 Å². The Morgan fingerprint density at radius 2 is 1.67 bits per heavy atom. The van der Waals surface area contributed by atoms with Gasteiger partial charge in [-0.2, -0.15) is 5.26 Å². The second-order valence-corrected chi connectivity index (χ2v) is 8.00. The zero-order valence-corrected chi connectivity index (χ0v) is 15.7. The number of nitrogens with zero attached hydrogens (tertiary/aromatic N) is 2. The van der Waals surface area contributed by atoms with E-state index in [0.29, 0.717) is 23.7 Å². The van der Waals surface area contributed by atoms with Gasteiger partial charge in [-0.3, -0.25) is 10.2 Å². The average molecular weight is 357 g/mol. The third-order valence-electron chi connectivity index (χ3n) is 6.15. The van der Waals surface area contributed by atoms with Crippen LogP contribution in [0.3, 0.4) is 0 Å². The smallest absolute Gasteiger partial charge is 0.236 e. The van der Waals surface area contributed by atoms with Crippen LogP contribution in [0.25, 0.3) is 0 Å². The number of likely N-dealkylation sites (tertiary alicyclic amines) is 1. The number of carbonyl (C=O) groups excluding carboxylic acids is 1. The van der Waals surface area contributed by atoms with Crippen molar-refractivity contribution < 1.29 is 4.79 Å². The van der Waals surface area contributed by atoms with Crippen molar-refractivity contribution in [1.29, 1.82) is 10.7 Å². The quantitative estimate of drug-likeness (QED) is 0.889. The Balaban J connectivity index is 1.78. The average Bonchev–Trinajstić information content (AvgIpc) is 3.52. The summed E-state index contributed by atoms with van der Waals surface area (Å²) in [6.07, 6.45) is 2.99. The van der Waals surface area contributed by atoms with Crippen LogP contribution in [0.15, 0.2) is 48.5 Å². The first-order chi connectivity index (χ1) is 12.9. The zero-order valence-electron chi connectivity index (χ0n) is 15.7. The first kappa shape index (κ1) is 17.5. The maximum Gasteiger partial charge on any atom is 0.236 e. The molecule has 0 bridgehead atoms. The van der Waals surface area contributed by atoms with Crippen LogP contribution in [-0.4, -0.2) is 23.7 Å². The van der Waals surface area contributed by atoms with Gasteiger partial charge in [-0.1, -0.05) is 43.3 Å². The topological polar surface area (TPSA) is 68.0 Å². The number of benzene rings is 2. The number of piperidine rings is 1. The molecule has 0 radical (unpaired) electrons. The largest absolute Gasteiger partial charge is 0.303 e. The number of rotatable bonds is 3. The molecule has 0 spiro atoms. The lowest BCUT2D eigenvalue weighted by molar-refractivity contribution is -0.131. The standard InChI is InChI=1S/C23H23N3O/c1-23(19-11-3-15(14-24)4-12-19)13-20(25)26(2)22(27)21(23)18-9-7-17(8-10-18)16-5-6-16/h3-4,7-12,16,21,25H,5-6,13H2,1-2H3/t21-,23+/m0/s1. The summed E-state index contributed by atoms with van der Waals surface area (Å²) in [5.41, 5.74) is 3.42. The van der Waals surface area contributed by atoms with Crippen LogP contribution in [0.2, 0.25) is 0 Å². The Bertz CT molecular complexity index is 935. The predicted octanol–water partition coefficient (Wildman–Crippen LogP) is 4.32. The lowest BCUT2D eigenvalue weighted by atomic mass is 9.64. The molecule has 1 saturated carbocycles. The first-order valence-corrected chi connectivity index (χ1v) is 9.39. The molecule has 0 unspecified atom stereocenters. The third kappa shape index (κ3) is 2.94. The molecule has 2 aliphatic rings. The molecular formula is C23H23N3O. The lowest BCUT2D eigenvalue weighted by Gasteiger charge is -2.44. The van der Waals surface area contributed by atoms with E-state index in [1.165, 1.54) is 23.3 Å². The highest BCUT2D eigenvalue weighted by molar-refractivity contribution is 6.04. The molecule has 2 fully saturated rings. The summed E-state index contributed by atoms with van der Waals surface area (Å²) in [5, 5.41) is 17.4. The second-order valence-electron chi connectivity index (χ2n) is 8.00. The van der Waals surface area contributed by atoms with E-state index in [1.54, 1.807) is 19.2 Å². The molecule has 2 atom stereocenters. The van der Waals surface area contributed by atoms with E-state index in [-0.39, 0.29) is 11.8 Å². The Hall–Kier alpha value is -2.93. The fourth-order valence-electron chi connectivity index (χ4n) is 4.25. The summed E-state index contributed by atoms with van der Waals surface area (Å²) in [5.74, 6) is 0.620. The lowest BCUT2D eigenvalue weighted by Crippen LogP contribution is -2.52. The fraction of sp³-hybridized carbons (Fsp3) is 0.348. The molecule has 27 heavy (non-hydrogen) atoms. The molecule has 2 aromatic rings. The molecule has 2 aromatic carbocycles. The highest BCUT2D eigenvalue weighted by atomic mass is 16.2. The van der Waals surface area contributed by atoms with E-state index in [9.17, 15) is 4.79 Å². The number of amides is 1. The SMILES string of the molecule is CN1C(=N)C[C@](C)(c2ccc(C#N)cc2)[C@@H](c2ccc(C3CC3)cc2)C1=O. The van der Waals surface area contributed by atoms with Crippen LogP contribution in [-0.2, 0) is 10.2 Å². The van der Waals surface area contributed by atoms with Gasteiger partial charge in [-0.05, 0) is 47.6 Å². The van der Waals surface area contributed by atoms with Gasteiger partial charge >= 0.3 is 0 Å². The van der Waals surface area contributed by atoms with Crippen LogP contribution in [0, 0.1) is 16.7 Å². The summed E-state index contributed by atoms with van der Waals surface area (Å²) in [6.45, 7) is 2.06. The van der Waals surface area contributed by atoms with Crippen molar-refractivity contribution in [2.24, 2.45) is 0 Å². The van der Waals surface area contributed by atoms with Crippen LogP contribution in [0.4, 0.5) is 0 Å². The normalized spacial score (nSPS) is 25.4. The van der Waals surface area contributed by atoms with Gasteiger partial charge in [0.25, 0.3) is 0 Å². The van der Waals surface area contributed by atoms with E-state index in [4.69, 9.17) is 10.7 Å². The van der Waals surface area contributed by atoms with Crippen molar-refractivity contribution >= 4 is 11.7 Å². The minimum absolute atomic E-state index is 0.0442. The molecule has 1 amide bonds. The number of hydrogen-bond acceptors (Lipinski definition) is 3. The summed E-state index contributed by atoms with van der Waals surface area (Å²) < 4.78 is 0. The molecule has 1 heterocycles. The minimum Gasteiger partial charge on any atom is -0.303 e.